The van der Waals surface area contributed by atoms with Crippen molar-refractivity contribution in [1.29, 1.82) is 0 Å². The predicted octanol–water partition coefficient (Wildman–Crippen LogP) is 11.4. The summed E-state index contributed by atoms with van der Waals surface area (Å²) in [7, 11) is 7.73. The summed E-state index contributed by atoms with van der Waals surface area (Å²) < 4.78 is 0.0342. The number of nitrogens with zero attached hydrogens (tertiary/aromatic N) is 2. The normalized spacial score (nSPS) is 16.7. The number of hydrogen-bond acceptors (Lipinski definition) is 2. The number of halogens is 1. The molecule has 3 aromatic carbocycles. The zero-order valence-corrected chi connectivity index (χ0v) is 29.7. The van der Waals surface area contributed by atoms with E-state index in [4.69, 9.17) is 9.53 Å². The fourth-order valence-corrected chi connectivity index (χ4v) is 9.98. The molecule has 0 aliphatic carbocycles. The average molecular weight is 699 g/mol. The summed E-state index contributed by atoms with van der Waals surface area (Å²) >= 11 is -1.65. The fraction of sp³-hybridized carbons (Fsp3) is 0.350. The summed E-state index contributed by atoms with van der Waals surface area (Å²) in [5.41, 5.74) is 13.5. The Morgan fingerprint density at radius 3 is 2.05 bits per heavy atom. The van der Waals surface area contributed by atoms with Gasteiger partial charge in [0.1, 0.15) is 0 Å². The van der Waals surface area contributed by atoms with Crippen LogP contribution < -0.4 is 4.90 Å². The standard InChI is InChI=1S/C31H39N2.C9H9.ClH.Pd/c1-8-23-17-24(9-2)30(25(10-3)18-23)29-16-11-13-26-19-32(20-33(26)29)31-27(21(4)5)14-12-15-28(31)22(6)7;1-2-6-9-7-4-3-5-8-9;;/h11-22H,8-10H2,1-7H3;2-8H,1H2;1H;/p-1. The van der Waals surface area contributed by atoms with E-state index in [9.17, 15) is 0 Å². The van der Waals surface area contributed by atoms with E-state index in [2.05, 4.69) is 156 Å². The SMILES string of the molecule is CCc1cc(CC)c(C2=CC=CC3=CN(c4c(C(C)C)cccc4C(C)C)[CH]([Pd-]([Cl])[CH2]C=Cc4ccccc4)N32)c(CC)c1. The number of fused-ring (bicyclic) bond motifs is 1. The van der Waals surface area contributed by atoms with Gasteiger partial charge in [-0.3, -0.25) is 0 Å². The van der Waals surface area contributed by atoms with Gasteiger partial charge in [0.15, 0.2) is 0 Å². The molecule has 3 aromatic rings. The molecule has 2 aliphatic rings. The van der Waals surface area contributed by atoms with Crippen LogP contribution in [0, 0.1) is 0 Å². The van der Waals surface area contributed by atoms with Crippen molar-refractivity contribution in [3.63, 3.8) is 0 Å². The third-order valence-electron chi connectivity index (χ3n) is 8.61. The fourth-order valence-electron chi connectivity index (χ4n) is 6.35. The minimum absolute atomic E-state index is 0.0342. The molecule has 4 heteroatoms. The number of benzene rings is 3. The van der Waals surface area contributed by atoms with Crippen LogP contribution in [0.3, 0.4) is 0 Å². The number of anilines is 1. The Hall–Kier alpha value is -2.83. The molecule has 0 fully saturated rings. The third-order valence-corrected chi connectivity index (χ3v) is 12.6. The molecule has 0 spiro atoms. The molecule has 2 aliphatic heterocycles. The predicted molar refractivity (Wildman–Crippen MR) is 189 cm³/mol. The number of para-hydroxylation sites is 1. The molecule has 0 saturated heterocycles. The van der Waals surface area contributed by atoms with Crippen LogP contribution in [0.15, 0.2) is 96.9 Å². The molecule has 2 heterocycles. The van der Waals surface area contributed by atoms with Crippen LogP contribution in [0.5, 0.6) is 0 Å². The van der Waals surface area contributed by atoms with Gasteiger partial charge in [-0.1, -0.05) is 0 Å². The van der Waals surface area contributed by atoms with Crippen molar-refractivity contribution in [1.82, 2.24) is 4.90 Å². The number of rotatable bonds is 11. The minimum atomic E-state index is -1.65. The van der Waals surface area contributed by atoms with E-state index in [-0.39, 0.29) is 4.64 Å². The molecule has 0 aromatic heterocycles. The Morgan fingerprint density at radius 1 is 0.841 bits per heavy atom. The topological polar surface area (TPSA) is 6.48 Å². The second kappa shape index (κ2) is 14.5. The van der Waals surface area contributed by atoms with Crippen LogP contribution >= 0.6 is 9.53 Å². The van der Waals surface area contributed by atoms with Crippen LogP contribution in [-0.4, -0.2) is 9.54 Å². The van der Waals surface area contributed by atoms with Crippen molar-refractivity contribution >= 4 is 27.0 Å². The van der Waals surface area contributed by atoms with Gasteiger partial charge in [-0.05, 0) is 0 Å². The van der Waals surface area contributed by atoms with Crippen LogP contribution in [0.4, 0.5) is 5.69 Å². The monoisotopic (exact) mass is 697 g/mol. The van der Waals surface area contributed by atoms with Gasteiger partial charge in [0, 0.05) is 0 Å². The van der Waals surface area contributed by atoms with Gasteiger partial charge >= 0.3 is 277 Å². The summed E-state index contributed by atoms with van der Waals surface area (Å²) in [5.74, 6) is 0.799. The van der Waals surface area contributed by atoms with E-state index >= 15 is 0 Å². The first kappa shape index (κ1) is 32.6. The third kappa shape index (κ3) is 6.58. The van der Waals surface area contributed by atoms with Crippen molar-refractivity contribution in [2.75, 3.05) is 4.90 Å². The molecule has 0 radical (unpaired) electrons. The molecule has 1 atom stereocenters. The second-order valence-electron chi connectivity index (χ2n) is 12.2. The summed E-state index contributed by atoms with van der Waals surface area (Å²) in [5, 5.41) is 0. The van der Waals surface area contributed by atoms with Gasteiger partial charge in [-0.25, -0.2) is 0 Å². The molecule has 0 bridgehead atoms. The molecule has 0 N–H and O–H groups in total. The Bertz CT molecular complexity index is 1530. The van der Waals surface area contributed by atoms with Crippen molar-refractivity contribution in [2.24, 2.45) is 0 Å². The van der Waals surface area contributed by atoms with Crippen LogP contribution in [0.25, 0.3) is 11.8 Å². The molecule has 2 nitrogen and oxygen atoms in total. The van der Waals surface area contributed by atoms with Gasteiger partial charge in [0.2, 0.25) is 0 Å². The zero-order valence-electron chi connectivity index (χ0n) is 27.4. The quantitative estimate of drug-likeness (QED) is 0.184. The van der Waals surface area contributed by atoms with E-state index in [1.54, 1.807) is 0 Å². The molecule has 0 saturated carbocycles. The van der Waals surface area contributed by atoms with Gasteiger partial charge in [0.25, 0.3) is 0 Å². The number of aryl methyl sites for hydroxylation is 3. The molecule has 1 unspecified atom stereocenters. The summed E-state index contributed by atoms with van der Waals surface area (Å²) in [6, 6.07) is 22.3. The van der Waals surface area contributed by atoms with Crippen LogP contribution in [0.2, 0.25) is 4.89 Å². The first-order valence-electron chi connectivity index (χ1n) is 16.2. The van der Waals surface area contributed by atoms with Crippen molar-refractivity contribution in [3.8, 4) is 0 Å². The van der Waals surface area contributed by atoms with E-state index < -0.39 is 15.7 Å². The Labute approximate surface area is 276 Å². The Balaban J connectivity index is 1.67. The van der Waals surface area contributed by atoms with Crippen LogP contribution in [0.1, 0.15) is 99.2 Å². The summed E-state index contributed by atoms with van der Waals surface area (Å²) in [4.78, 5) is 6.02. The zero-order chi connectivity index (χ0) is 31.4. The second-order valence-corrected chi connectivity index (χ2v) is 16.8. The molecule has 44 heavy (non-hydrogen) atoms. The Morgan fingerprint density at radius 2 is 1.48 bits per heavy atom. The first-order chi connectivity index (χ1) is 21.3. The Kier molecular flexibility index (Phi) is 10.7. The summed E-state index contributed by atoms with van der Waals surface area (Å²) in [6.07, 6.45) is 16.8. The van der Waals surface area contributed by atoms with Gasteiger partial charge in [-0.2, -0.15) is 0 Å². The molecular weight excluding hydrogens is 650 g/mol. The molecule has 5 rings (SSSR count). The maximum absolute atomic E-state index is 7.73. The van der Waals surface area contributed by atoms with Gasteiger partial charge < -0.3 is 0 Å². The van der Waals surface area contributed by atoms with Gasteiger partial charge in [0.05, 0.1) is 0 Å². The first-order valence-corrected chi connectivity index (χ1v) is 20.2. The number of allylic oxidation sites excluding steroid dienone is 4. The van der Waals surface area contributed by atoms with E-state index in [0.717, 1.165) is 24.2 Å². The van der Waals surface area contributed by atoms with E-state index in [0.29, 0.717) is 11.8 Å². The average Bonchev–Trinajstić information content (AvgIpc) is 3.44. The maximum atomic E-state index is 7.73. The van der Waals surface area contributed by atoms with E-state index in [1.807, 2.05) is 0 Å². The van der Waals surface area contributed by atoms with Crippen molar-refractivity contribution in [3.05, 3.63) is 136 Å². The number of hydrogen-bond donors (Lipinski definition) is 0. The molecular formula is C40H48ClN2Pd-. The van der Waals surface area contributed by atoms with E-state index in [1.165, 1.54) is 56.0 Å². The summed E-state index contributed by atoms with van der Waals surface area (Å²) in [6.45, 7) is 16.1. The van der Waals surface area contributed by atoms with Crippen LogP contribution in [-0.2, 0) is 35.0 Å². The molecule has 0 amide bonds. The van der Waals surface area contributed by atoms with Crippen molar-refractivity contribution in [2.45, 2.75) is 89.1 Å². The van der Waals surface area contributed by atoms with Gasteiger partial charge in [-0.15, -0.1) is 0 Å². The van der Waals surface area contributed by atoms with Crippen molar-refractivity contribution < 1.29 is 15.7 Å². The molecule has 236 valence electrons.